The summed E-state index contributed by atoms with van der Waals surface area (Å²) in [6.45, 7) is 5.31. The van der Waals surface area contributed by atoms with Gasteiger partial charge in [0.2, 0.25) is 0 Å². The van der Waals surface area contributed by atoms with Crippen molar-refractivity contribution < 1.29 is 0 Å². The molecule has 1 nitrogen and oxygen atoms in total. The summed E-state index contributed by atoms with van der Waals surface area (Å²) in [5.41, 5.74) is 1.38. The van der Waals surface area contributed by atoms with Gasteiger partial charge in [-0.2, -0.15) is 0 Å². The van der Waals surface area contributed by atoms with Crippen LogP contribution in [-0.4, -0.2) is 6.54 Å². The fraction of sp³-hybridized carbons (Fsp3) is 0.333. The van der Waals surface area contributed by atoms with Crippen molar-refractivity contribution in [1.29, 1.82) is 0 Å². The Morgan fingerprint density at radius 3 is 2.75 bits per heavy atom. The van der Waals surface area contributed by atoms with Gasteiger partial charge in [0.25, 0.3) is 0 Å². The summed E-state index contributed by atoms with van der Waals surface area (Å²) in [5.74, 6) is 0. The third-order valence-corrected chi connectivity index (χ3v) is 5.29. The lowest BCUT2D eigenvalue weighted by molar-refractivity contribution is 0.646. The molecule has 1 unspecified atom stereocenters. The standard InChI is InChI=1S/C12H14BrNS2/c1-3-14-11(10-6-9(13)7-16-10)12-8(2)4-5-15-12/h4-7,11,14H,3H2,1-2H3. The van der Waals surface area contributed by atoms with Crippen molar-refractivity contribution in [2.24, 2.45) is 0 Å². The molecular formula is C12H14BrNS2. The van der Waals surface area contributed by atoms with Crippen LogP contribution >= 0.6 is 38.6 Å². The molecule has 0 saturated heterocycles. The van der Waals surface area contributed by atoms with Crippen molar-refractivity contribution in [1.82, 2.24) is 5.32 Å². The summed E-state index contributed by atoms with van der Waals surface area (Å²) in [5, 5.41) is 7.86. The molecule has 0 aliphatic rings. The summed E-state index contributed by atoms with van der Waals surface area (Å²) < 4.78 is 1.17. The highest BCUT2D eigenvalue weighted by Gasteiger charge is 2.17. The maximum Gasteiger partial charge on any atom is 0.0767 e. The van der Waals surface area contributed by atoms with E-state index < -0.39 is 0 Å². The fourth-order valence-electron chi connectivity index (χ4n) is 1.69. The van der Waals surface area contributed by atoms with Gasteiger partial charge >= 0.3 is 0 Å². The van der Waals surface area contributed by atoms with Gasteiger partial charge in [0.05, 0.1) is 6.04 Å². The summed E-state index contributed by atoms with van der Waals surface area (Å²) in [6.07, 6.45) is 0. The molecule has 0 aliphatic carbocycles. The topological polar surface area (TPSA) is 12.0 Å². The first kappa shape index (κ1) is 12.3. The van der Waals surface area contributed by atoms with Gasteiger partial charge in [-0.3, -0.25) is 0 Å². The predicted molar refractivity (Wildman–Crippen MR) is 76.6 cm³/mol. The average Bonchev–Trinajstić information content (AvgIpc) is 2.84. The normalized spacial score (nSPS) is 12.9. The minimum absolute atomic E-state index is 0.348. The number of nitrogens with one attached hydrogen (secondary N) is 1. The maximum absolute atomic E-state index is 3.56. The van der Waals surface area contributed by atoms with E-state index in [-0.39, 0.29) is 0 Å². The molecule has 2 aromatic heterocycles. The van der Waals surface area contributed by atoms with Crippen molar-refractivity contribution >= 4 is 38.6 Å². The molecule has 1 atom stereocenters. The first-order valence-electron chi connectivity index (χ1n) is 5.23. The number of rotatable bonds is 4. The Morgan fingerprint density at radius 2 is 2.25 bits per heavy atom. The molecule has 0 fully saturated rings. The molecule has 86 valence electrons. The average molecular weight is 316 g/mol. The van der Waals surface area contributed by atoms with E-state index in [2.05, 4.69) is 58.0 Å². The van der Waals surface area contributed by atoms with E-state index in [0.717, 1.165) is 6.54 Å². The van der Waals surface area contributed by atoms with E-state index in [4.69, 9.17) is 0 Å². The van der Waals surface area contributed by atoms with Crippen LogP contribution in [0.2, 0.25) is 0 Å². The second kappa shape index (κ2) is 5.45. The largest absolute Gasteiger partial charge is 0.305 e. The number of hydrogen-bond donors (Lipinski definition) is 1. The summed E-state index contributed by atoms with van der Waals surface area (Å²) in [6, 6.07) is 4.74. The van der Waals surface area contributed by atoms with Crippen molar-refractivity contribution in [2.45, 2.75) is 19.9 Å². The zero-order chi connectivity index (χ0) is 11.5. The van der Waals surface area contributed by atoms with Gasteiger partial charge in [0.1, 0.15) is 0 Å². The Balaban J connectivity index is 2.34. The van der Waals surface area contributed by atoms with Gasteiger partial charge < -0.3 is 5.32 Å². The molecule has 0 aromatic carbocycles. The van der Waals surface area contributed by atoms with Crippen LogP contribution in [0.5, 0.6) is 0 Å². The molecule has 0 amide bonds. The van der Waals surface area contributed by atoms with Crippen LogP contribution in [0, 0.1) is 6.92 Å². The molecule has 1 N–H and O–H groups in total. The Bertz CT molecular complexity index is 461. The summed E-state index contributed by atoms with van der Waals surface area (Å²) in [4.78, 5) is 2.80. The third kappa shape index (κ3) is 2.56. The van der Waals surface area contributed by atoms with Crippen LogP contribution < -0.4 is 5.32 Å². The van der Waals surface area contributed by atoms with E-state index in [1.807, 2.05) is 11.3 Å². The van der Waals surface area contributed by atoms with E-state index in [1.54, 1.807) is 11.3 Å². The van der Waals surface area contributed by atoms with Gasteiger partial charge in [-0.25, -0.2) is 0 Å². The molecule has 16 heavy (non-hydrogen) atoms. The highest BCUT2D eigenvalue weighted by atomic mass is 79.9. The van der Waals surface area contributed by atoms with Crippen LogP contribution in [0.15, 0.2) is 27.4 Å². The molecule has 0 saturated carbocycles. The quantitative estimate of drug-likeness (QED) is 0.870. The number of aryl methyl sites for hydroxylation is 1. The smallest absolute Gasteiger partial charge is 0.0767 e. The predicted octanol–water partition coefficient (Wildman–Crippen LogP) is 4.58. The van der Waals surface area contributed by atoms with Gasteiger partial charge in [-0.1, -0.05) is 6.92 Å². The first-order chi connectivity index (χ1) is 7.72. The number of hydrogen-bond acceptors (Lipinski definition) is 3. The van der Waals surface area contributed by atoms with Crippen molar-refractivity contribution in [2.75, 3.05) is 6.54 Å². The van der Waals surface area contributed by atoms with Gasteiger partial charge in [0.15, 0.2) is 0 Å². The lowest BCUT2D eigenvalue weighted by Gasteiger charge is -2.15. The molecule has 0 spiro atoms. The van der Waals surface area contributed by atoms with Gasteiger partial charge in [-0.15, -0.1) is 22.7 Å². The SMILES string of the molecule is CCNC(c1cc(Br)cs1)c1sccc1C. The van der Waals surface area contributed by atoms with Gasteiger partial charge in [-0.05, 0) is 52.5 Å². The summed E-state index contributed by atoms with van der Waals surface area (Å²) in [7, 11) is 0. The first-order valence-corrected chi connectivity index (χ1v) is 7.79. The highest BCUT2D eigenvalue weighted by molar-refractivity contribution is 9.10. The Hall–Kier alpha value is -0.160. The van der Waals surface area contributed by atoms with Crippen LogP contribution in [0.1, 0.15) is 28.3 Å². The van der Waals surface area contributed by atoms with E-state index in [1.165, 1.54) is 19.8 Å². The molecule has 0 radical (unpaired) electrons. The van der Waals surface area contributed by atoms with Crippen LogP contribution in [0.25, 0.3) is 0 Å². The Labute approximate surface area is 113 Å². The fourth-order valence-corrected chi connectivity index (χ4v) is 4.31. The monoisotopic (exact) mass is 315 g/mol. The van der Waals surface area contributed by atoms with Crippen molar-refractivity contribution in [3.8, 4) is 0 Å². The van der Waals surface area contributed by atoms with Crippen LogP contribution in [0.3, 0.4) is 0 Å². The Morgan fingerprint density at radius 1 is 1.44 bits per heavy atom. The lowest BCUT2D eigenvalue weighted by Crippen LogP contribution is -2.20. The molecule has 2 heterocycles. The molecular weight excluding hydrogens is 302 g/mol. The maximum atomic E-state index is 3.56. The van der Waals surface area contributed by atoms with E-state index in [9.17, 15) is 0 Å². The van der Waals surface area contributed by atoms with E-state index in [0.29, 0.717) is 6.04 Å². The second-order valence-electron chi connectivity index (χ2n) is 3.63. The second-order valence-corrected chi connectivity index (χ2v) is 6.43. The highest BCUT2D eigenvalue weighted by Crippen LogP contribution is 2.34. The van der Waals surface area contributed by atoms with Crippen LogP contribution in [0.4, 0.5) is 0 Å². The lowest BCUT2D eigenvalue weighted by atomic mass is 10.1. The van der Waals surface area contributed by atoms with Gasteiger partial charge in [0, 0.05) is 19.6 Å². The number of thiophene rings is 2. The van der Waals surface area contributed by atoms with Crippen LogP contribution in [-0.2, 0) is 0 Å². The summed E-state index contributed by atoms with van der Waals surface area (Å²) >= 11 is 7.15. The number of halogens is 1. The molecule has 0 bridgehead atoms. The molecule has 2 rings (SSSR count). The van der Waals surface area contributed by atoms with E-state index >= 15 is 0 Å². The molecule has 2 aromatic rings. The minimum Gasteiger partial charge on any atom is -0.305 e. The molecule has 0 aliphatic heterocycles. The van der Waals surface area contributed by atoms with Crippen molar-refractivity contribution in [3.05, 3.63) is 42.7 Å². The minimum atomic E-state index is 0.348. The third-order valence-electron chi connectivity index (χ3n) is 2.44. The van der Waals surface area contributed by atoms with Crippen molar-refractivity contribution in [3.63, 3.8) is 0 Å². The zero-order valence-electron chi connectivity index (χ0n) is 9.29. The molecule has 4 heteroatoms. The Kier molecular flexibility index (Phi) is 4.19. The zero-order valence-corrected chi connectivity index (χ0v) is 12.5.